The molecule has 2 aliphatic heterocycles. The van der Waals surface area contributed by atoms with Crippen LogP contribution in [-0.4, -0.2) is 66.2 Å². The Hall–Kier alpha value is -1.66. The van der Waals surface area contributed by atoms with Gasteiger partial charge < -0.3 is 15.0 Å². The topological polar surface area (TPSA) is 57.7 Å². The van der Waals surface area contributed by atoms with Gasteiger partial charge in [0.15, 0.2) is 0 Å². The van der Waals surface area contributed by atoms with Gasteiger partial charge in [-0.05, 0) is 31.4 Å². The van der Waals surface area contributed by atoms with Crippen LogP contribution in [0.5, 0.6) is 0 Å². The molecule has 6 nitrogen and oxygen atoms in total. The average Bonchev–Trinajstić information content (AvgIpc) is 2.83. The van der Waals surface area contributed by atoms with Gasteiger partial charge in [0.25, 0.3) is 0 Å². The summed E-state index contributed by atoms with van der Waals surface area (Å²) in [5.74, 6) is 0.370. The molecule has 25 heavy (non-hydrogen) atoms. The highest BCUT2D eigenvalue weighted by Crippen LogP contribution is 2.26. The minimum atomic E-state index is 0.0657. The molecule has 2 fully saturated rings. The van der Waals surface area contributed by atoms with Crippen LogP contribution in [0, 0.1) is 12.8 Å². The first-order chi connectivity index (χ1) is 12.2. The SMILES string of the molecule is CCCNC(=O)N1CCOC[C@H]2CN(Cc3ccc(C)cn3)CC[C@H]21. The maximum Gasteiger partial charge on any atom is 0.317 e. The summed E-state index contributed by atoms with van der Waals surface area (Å²) in [6.45, 7) is 9.74. The number of hydrogen-bond donors (Lipinski definition) is 1. The Kier molecular flexibility index (Phi) is 6.26. The molecule has 0 aliphatic carbocycles. The van der Waals surface area contributed by atoms with E-state index in [1.54, 1.807) is 0 Å². The van der Waals surface area contributed by atoms with Crippen molar-refractivity contribution < 1.29 is 9.53 Å². The molecule has 0 radical (unpaired) electrons. The number of fused-ring (bicyclic) bond motifs is 1. The van der Waals surface area contributed by atoms with Gasteiger partial charge in [-0.25, -0.2) is 4.79 Å². The van der Waals surface area contributed by atoms with Gasteiger partial charge in [-0.1, -0.05) is 13.0 Å². The first kappa shape index (κ1) is 18.1. The van der Waals surface area contributed by atoms with Crippen LogP contribution in [0.15, 0.2) is 18.3 Å². The summed E-state index contributed by atoms with van der Waals surface area (Å²) in [7, 11) is 0. The van der Waals surface area contributed by atoms with Gasteiger partial charge in [0.1, 0.15) is 0 Å². The molecule has 1 aromatic rings. The van der Waals surface area contributed by atoms with E-state index in [1.165, 1.54) is 5.56 Å². The Morgan fingerprint density at radius 1 is 1.40 bits per heavy atom. The number of aryl methyl sites for hydroxylation is 1. The molecule has 0 bridgehead atoms. The van der Waals surface area contributed by atoms with Crippen molar-refractivity contribution in [2.75, 3.05) is 39.4 Å². The number of aromatic nitrogens is 1. The minimum Gasteiger partial charge on any atom is -0.379 e. The molecule has 2 aliphatic rings. The summed E-state index contributed by atoms with van der Waals surface area (Å²) >= 11 is 0. The third-order valence-electron chi connectivity index (χ3n) is 5.13. The number of urea groups is 1. The number of nitrogens with one attached hydrogen (secondary N) is 1. The maximum absolute atomic E-state index is 12.5. The molecule has 0 unspecified atom stereocenters. The predicted octanol–water partition coefficient (Wildman–Crippen LogP) is 2.03. The number of amides is 2. The lowest BCUT2D eigenvalue weighted by molar-refractivity contribution is 0.0537. The lowest BCUT2D eigenvalue weighted by atomic mass is 9.91. The van der Waals surface area contributed by atoms with Crippen molar-refractivity contribution in [1.29, 1.82) is 0 Å². The second-order valence-corrected chi connectivity index (χ2v) is 7.18. The second kappa shape index (κ2) is 8.63. The van der Waals surface area contributed by atoms with Gasteiger partial charge in [0, 0.05) is 50.9 Å². The van der Waals surface area contributed by atoms with Gasteiger partial charge in [-0.15, -0.1) is 0 Å². The van der Waals surface area contributed by atoms with Crippen LogP contribution >= 0.6 is 0 Å². The van der Waals surface area contributed by atoms with Crippen molar-refractivity contribution in [3.63, 3.8) is 0 Å². The molecule has 0 saturated carbocycles. The van der Waals surface area contributed by atoms with Crippen LogP contribution in [0.4, 0.5) is 4.79 Å². The molecule has 0 aromatic carbocycles. The van der Waals surface area contributed by atoms with Crippen LogP contribution in [-0.2, 0) is 11.3 Å². The Bertz CT molecular complexity index is 563. The number of pyridine rings is 1. The molecule has 2 saturated heterocycles. The Morgan fingerprint density at radius 3 is 3.04 bits per heavy atom. The van der Waals surface area contributed by atoms with Crippen LogP contribution < -0.4 is 5.32 Å². The third-order valence-corrected chi connectivity index (χ3v) is 5.13. The van der Waals surface area contributed by atoms with Crippen LogP contribution in [0.1, 0.15) is 31.0 Å². The maximum atomic E-state index is 12.5. The van der Waals surface area contributed by atoms with Crippen molar-refractivity contribution in [2.45, 2.75) is 39.3 Å². The molecule has 1 N–H and O–H groups in total. The van der Waals surface area contributed by atoms with Crippen molar-refractivity contribution in [3.8, 4) is 0 Å². The van der Waals surface area contributed by atoms with Crippen molar-refractivity contribution in [3.05, 3.63) is 29.6 Å². The molecule has 138 valence electrons. The Balaban J connectivity index is 1.61. The lowest BCUT2D eigenvalue weighted by Crippen LogP contribution is -2.55. The number of carbonyl (C=O) groups excluding carboxylic acids is 1. The van der Waals surface area contributed by atoms with E-state index in [4.69, 9.17) is 4.74 Å². The molecule has 3 heterocycles. The number of rotatable bonds is 4. The standard InChI is InChI=1S/C19H30N4O2/c1-3-7-20-19(24)23-9-10-25-14-16-12-22(8-6-18(16)23)13-17-5-4-15(2)11-21-17/h4-5,11,16,18H,3,6-10,12-14H2,1-2H3,(H,20,24)/t16-,18-/m1/s1. The van der Waals surface area contributed by atoms with E-state index in [2.05, 4.69) is 41.2 Å². The quantitative estimate of drug-likeness (QED) is 0.906. The fourth-order valence-electron chi connectivity index (χ4n) is 3.78. The molecule has 3 rings (SSSR count). The summed E-state index contributed by atoms with van der Waals surface area (Å²) < 4.78 is 5.80. The van der Waals surface area contributed by atoms with E-state index in [-0.39, 0.29) is 12.1 Å². The highest BCUT2D eigenvalue weighted by atomic mass is 16.5. The van der Waals surface area contributed by atoms with Gasteiger partial charge >= 0.3 is 6.03 Å². The molecule has 2 atom stereocenters. The summed E-state index contributed by atoms with van der Waals surface area (Å²) in [6.07, 6.45) is 3.89. The van der Waals surface area contributed by atoms with E-state index in [1.807, 2.05) is 11.1 Å². The van der Waals surface area contributed by atoms with Gasteiger partial charge in [-0.3, -0.25) is 9.88 Å². The van der Waals surface area contributed by atoms with E-state index in [9.17, 15) is 4.79 Å². The Morgan fingerprint density at radius 2 is 2.28 bits per heavy atom. The minimum absolute atomic E-state index is 0.0657. The van der Waals surface area contributed by atoms with E-state index in [0.717, 1.165) is 51.3 Å². The van der Waals surface area contributed by atoms with Crippen molar-refractivity contribution >= 4 is 6.03 Å². The highest BCUT2D eigenvalue weighted by Gasteiger charge is 2.37. The number of hydrogen-bond acceptors (Lipinski definition) is 4. The zero-order chi connectivity index (χ0) is 17.6. The first-order valence-electron chi connectivity index (χ1n) is 9.43. The smallest absolute Gasteiger partial charge is 0.317 e. The number of nitrogens with zero attached hydrogens (tertiary/aromatic N) is 3. The molecule has 2 amide bonds. The zero-order valence-corrected chi connectivity index (χ0v) is 15.4. The predicted molar refractivity (Wildman–Crippen MR) is 97.4 cm³/mol. The van der Waals surface area contributed by atoms with Crippen molar-refractivity contribution in [1.82, 2.24) is 20.1 Å². The zero-order valence-electron chi connectivity index (χ0n) is 15.4. The number of likely N-dealkylation sites (tertiary alicyclic amines) is 1. The largest absolute Gasteiger partial charge is 0.379 e. The lowest BCUT2D eigenvalue weighted by Gasteiger charge is -2.41. The fourth-order valence-corrected chi connectivity index (χ4v) is 3.78. The van der Waals surface area contributed by atoms with E-state index < -0.39 is 0 Å². The summed E-state index contributed by atoms with van der Waals surface area (Å²) in [5, 5.41) is 3.03. The normalized spacial score (nSPS) is 24.5. The summed E-state index contributed by atoms with van der Waals surface area (Å²) in [5.41, 5.74) is 2.30. The van der Waals surface area contributed by atoms with Gasteiger partial charge in [0.2, 0.25) is 0 Å². The first-order valence-corrected chi connectivity index (χ1v) is 9.43. The number of piperidine rings is 1. The molecular formula is C19H30N4O2. The average molecular weight is 346 g/mol. The van der Waals surface area contributed by atoms with Gasteiger partial charge in [0.05, 0.1) is 18.9 Å². The Labute approximate surface area is 150 Å². The second-order valence-electron chi connectivity index (χ2n) is 7.18. The number of ether oxygens (including phenoxy) is 1. The molecule has 1 aromatic heterocycles. The van der Waals surface area contributed by atoms with Crippen LogP contribution in [0.2, 0.25) is 0 Å². The van der Waals surface area contributed by atoms with Gasteiger partial charge in [-0.2, -0.15) is 0 Å². The summed E-state index contributed by atoms with van der Waals surface area (Å²) in [6, 6.07) is 4.57. The van der Waals surface area contributed by atoms with Crippen LogP contribution in [0.25, 0.3) is 0 Å². The van der Waals surface area contributed by atoms with E-state index >= 15 is 0 Å². The monoisotopic (exact) mass is 346 g/mol. The molecule has 0 spiro atoms. The highest BCUT2D eigenvalue weighted by molar-refractivity contribution is 5.74. The van der Waals surface area contributed by atoms with Crippen LogP contribution in [0.3, 0.4) is 0 Å². The number of carbonyl (C=O) groups is 1. The molecular weight excluding hydrogens is 316 g/mol. The van der Waals surface area contributed by atoms with Crippen molar-refractivity contribution in [2.24, 2.45) is 5.92 Å². The summed E-state index contributed by atoms with van der Waals surface area (Å²) in [4.78, 5) is 21.5. The fraction of sp³-hybridized carbons (Fsp3) is 0.684. The van der Waals surface area contributed by atoms with E-state index in [0.29, 0.717) is 19.1 Å². The third kappa shape index (κ3) is 4.70. The molecule has 6 heteroatoms.